The van der Waals surface area contributed by atoms with Gasteiger partial charge < -0.3 is 19.1 Å². The first-order chi connectivity index (χ1) is 14.2. The van der Waals surface area contributed by atoms with E-state index in [4.69, 9.17) is 14.0 Å². The van der Waals surface area contributed by atoms with Crippen molar-refractivity contribution in [3.05, 3.63) is 47.5 Å². The molecule has 4 nitrogen and oxygen atoms in total. The van der Waals surface area contributed by atoms with E-state index >= 15 is 0 Å². The first kappa shape index (κ1) is 22.6. The van der Waals surface area contributed by atoms with Gasteiger partial charge in [0, 0.05) is 0 Å². The molecule has 4 rings (SSSR count). The molecule has 2 aliphatic rings. The molecular formula is C25H34B2O4. The van der Waals surface area contributed by atoms with Crippen LogP contribution in [-0.2, 0) is 20.4 Å². The number of rotatable bonds is 5. The molecule has 0 aromatic heterocycles. The second-order valence-electron chi connectivity index (χ2n) is 11.0. The van der Waals surface area contributed by atoms with Crippen LogP contribution in [0.4, 0.5) is 0 Å². The van der Waals surface area contributed by atoms with E-state index < -0.39 is 11.2 Å². The van der Waals surface area contributed by atoms with Gasteiger partial charge in [-0.1, -0.05) is 41.9 Å². The number of hydrogen-bond donors (Lipinski definition) is 1. The smallest absolute Gasteiger partial charge is 0.427 e. The van der Waals surface area contributed by atoms with Crippen molar-refractivity contribution in [1.29, 1.82) is 0 Å². The molecule has 2 aromatic rings. The molecule has 0 bridgehead atoms. The molecule has 0 amide bonds. The average Bonchev–Trinajstić information content (AvgIpc) is 3.11. The quantitative estimate of drug-likeness (QED) is 0.645. The van der Waals surface area contributed by atoms with Crippen molar-refractivity contribution >= 4 is 25.5 Å². The lowest BCUT2D eigenvalue weighted by Crippen LogP contribution is -2.49. The van der Waals surface area contributed by atoms with E-state index in [1.54, 1.807) is 13.8 Å². The van der Waals surface area contributed by atoms with Crippen molar-refractivity contribution in [2.24, 2.45) is 0 Å². The van der Waals surface area contributed by atoms with Gasteiger partial charge in [-0.2, -0.15) is 0 Å². The molecule has 2 aromatic carbocycles. The molecular weight excluding hydrogens is 386 g/mol. The predicted octanol–water partition coefficient (Wildman–Crippen LogP) is 3.10. The van der Waals surface area contributed by atoms with E-state index in [1.807, 2.05) is 13.8 Å². The van der Waals surface area contributed by atoms with Crippen LogP contribution in [0, 0.1) is 0 Å². The summed E-state index contributed by atoms with van der Waals surface area (Å²) in [6.07, 6.45) is 0.890. The molecule has 1 N–H and O–H groups in total. The Kier molecular flexibility index (Phi) is 5.26. The van der Waals surface area contributed by atoms with E-state index in [0.717, 1.165) is 17.3 Å². The van der Waals surface area contributed by atoms with Crippen LogP contribution in [0.2, 0.25) is 0 Å². The minimum atomic E-state index is -0.913. The second-order valence-corrected chi connectivity index (χ2v) is 11.0. The Morgan fingerprint density at radius 1 is 0.903 bits per heavy atom. The van der Waals surface area contributed by atoms with Crippen LogP contribution in [0.5, 0.6) is 0 Å². The third kappa shape index (κ3) is 4.00. The van der Waals surface area contributed by atoms with Crippen LogP contribution < -0.4 is 10.9 Å². The normalized spacial score (nSPS) is 19.3. The van der Waals surface area contributed by atoms with Gasteiger partial charge in [0.2, 0.25) is 0 Å². The Bertz CT molecular complexity index is 989. The summed E-state index contributed by atoms with van der Waals surface area (Å²) < 4.78 is 18.5. The number of benzene rings is 2. The first-order valence-corrected chi connectivity index (χ1v) is 11.2. The van der Waals surface area contributed by atoms with E-state index in [0.29, 0.717) is 7.48 Å². The van der Waals surface area contributed by atoms with Crippen LogP contribution in [-0.4, -0.2) is 42.1 Å². The van der Waals surface area contributed by atoms with Gasteiger partial charge in [-0.05, 0) is 89.5 Å². The maximum atomic E-state index is 10.3. The van der Waals surface area contributed by atoms with Gasteiger partial charge in [-0.3, -0.25) is 0 Å². The van der Waals surface area contributed by atoms with Crippen LogP contribution in [0.3, 0.4) is 0 Å². The summed E-state index contributed by atoms with van der Waals surface area (Å²) in [7, 11) is 0.131. The Morgan fingerprint density at radius 3 is 2.03 bits per heavy atom. The summed E-state index contributed by atoms with van der Waals surface area (Å²) >= 11 is 0. The summed E-state index contributed by atoms with van der Waals surface area (Å²) in [5.74, 6) is 0. The first-order valence-electron chi connectivity index (χ1n) is 11.2. The third-order valence-corrected chi connectivity index (χ3v) is 7.57. The van der Waals surface area contributed by atoms with Crippen molar-refractivity contribution < 1.29 is 19.1 Å². The maximum Gasteiger partial charge on any atom is 0.494 e. The second kappa shape index (κ2) is 7.21. The summed E-state index contributed by atoms with van der Waals surface area (Å²) in [6.45, 7) is 15.7. The molecule has 0 atom stereocenters. The highest BCUT2D eigenvalue weighted by Crippen LogP contribution is 2.38. The number of aliphatic hydroxyl groups is 1. The Hall–Kier alpha value is -1.59. The average molecular weight is 420 g/mol. The molecule has 0 radical (unpaired) electrons. The Balaban J connectivity index is 1.52. The van der Waals surface area contributed by atoms with Gasteiger partial charge in [0.15, 0.2) is 0 Å². The summed E-state index contributed by atoms with van der Waals surface area (Å²) in [5, 5.41) is 10.3. The zero-order chi connectivity index (χ0) is 22.8. The van der Waals surface area contributed by atoms with E-state index in [9.17, 15) is 5.11 Å². The molecule has 31 heavy (non-hydrogen) atoms. The van der Waals surface area contributed by atoms with Crippen LogP contribution in [0.15, 0.2) is 36.4 Å². The molecule has 0 spiro atoms. The lowest BCUT2D eigenvalue weighted by Gasteiger charge is -2.37. The fourth-order valence-electron chi connectivity index (χ4n) is 3.94. The topological polar surface area (TPSA) is 47.9 Å². The van der Waals surface area contributed by atoms with Gasteiger partial charge >= 0.3 is 14.6 Å². The highest BCUT2D eigenvalue weighted by molar-refractivity contribution is 6.62. The highest BCUT2D eigenvalue weighted by Gasteiger charge is 2.51. The van der Waals surface area contributed by atoms with Crippen molar-refractivity contribution in [3.63, 3.8) is 0 Å². The van der Waals surface area contributed by atoms with E-state index in [2.05, 4.69) is 64.1 Å². The van der Waals surface area contributed by atoms with Crippen LogP contribution in [0.25, 0.3) is 11.1 Å². The number of fused-ring (bicyclic) bond motifs is 3. The fraction of sp³-hybridized carbons (Fsp3) is 0.520. The largest absolute Gasteiger partial charge is 0.494 e. The van der Waals surface area contributed by atoms with Crippen molar-refractivity contribution in [2.75, 3.05) is 0 Å². The zero-order valence-electron chi connectivity index (χ0n) is 20.1. The minimum Gasteiger partial charge on any atom is -0.427 e. The molecule has 1 fully saturated rings. The van der Waals surface area contributed by atoms with Crippen molar-refractivity contribution in [2.45, 2.75) is 84.2 Å². The van der Waals surface area contributed by atoms with Gasteiger partial charge in [0.1, 0.15) is 0 Å². The molecule has 1 saturated heterocycles. The van der Waals surface area contributed by atoms with E-state index in [1.165, 1.54) is 22.3 Å². The fourth-order valence-corrected chi connectivity index (χ4v) is 3.94. The Labute approximate surface area is 187 Å². The van der Waals surface area contributed by atoms with Gasteiger partial charge in [-0.25, -0.2) is 0 Å². The van der Waals surface area contributed by atoms with Crippen LogP contribution >= 0.6 is 0 Å². The lowest BCUT2D eigenvalue weighted by atomic mass is 9.78. The molecule has 6 heteroatoms. The molecule has 0 unspecified atom stereocenters. The molecule has 1 aliphatic carbocycles. The summed E-state index contributed by atoms with van der Waals surface area (Å²) in [5.41, 5.74) is 5.13. The summed E-state index contributed by atoms with van der Waals surface area (Å²) in [4.78, 5) is 0. The molecule has 164 valence electrons. The molecule has 1 heterocycles. The third-order valence-electron chi connectivity index (χ3n) is 7.57. The lowest BCUT2D eigenvalue weighted by molar-refractivity contribution is -0.0893. The number of hydrogen-bond acceptors (Lipinski definition) is 4. The minimum absolute atomic E-state index is 0.341. The van der Waals surface area contributed by atoms with Gasteiger partial charge in [0.05, 0.1) is 22.4 Å². The Morgan fingerprint density at radius 2 is 1.45 bits per heavy atom. The molecule has 0 saturated carbocycles. The van der Waals surface area contributed by atoms with Gasteiger partial charge in [0.25, 0.3) is 0 Å². The SMILES string of the molecule is CC(C)(O)C(C)(C)OBc1ccc2c(c1)Cc1cc(B3OC(C)(C)C(C)(C)O3)ccc1-2. The standard InChI is InChI=1S/C25H34B2O4/c1-22(2,28)23(3,4)29-26-18-9-11-20-16(14-18)13-17-15-19(10-12-21(17)20)27-30-24(5,6)25(7,8)31-27/h9-12,14-15,26,28H,13H2,1-8H3. The monoisotopic (exact) mass is 420 g/mol. The van der Waals surface area contributed by atoms with Crippen LogP contribution in [0.1, 0.15) is 66.5 Å². The maximum absolute atomic E-state index is 10.3. The zero-order valence-corrected chi connectivity index (χ0v) is 20.1. The van der Waals surface area contributed by atoms with E-state index in [-0.39, 0.29) is 18.3 Å². The van der Waals surface area contributed by atoms with Gasteiger partial charge in [-0.15, -0.1) is 0 Å². The van der Waals surface area contributed by atoms with Crippen molar-refractivity contribution in [3.8, 4) is 11.1 Å². The summed E-state index contributed by atoms with van der Waals surface area (Å²) in [6, 6.07) is 13.1. The predicted molar refractivity (Wildman–Crippen MR) is 129 cm³/mol. The molecule has 1 aliphatic heterocycles. The van der Waals surface area contributed by atoms with Crippen molar-refractivity contribution in [1.82, 2.24) is 0 Å². The highest BCUT2D eigenvalue weighted by atomic mass is 16.7.